The highest BCUT2D eigenvalue weighted by molar-refractivity contribution is 5.28. The van der Waals surface area contributed by atoms with Gasteiger partial charge in [0, 0.05) is 32.7 Å². The molecular weight excluding hydrogens is 274 g/mol. The van der Waals surface area contributed by atoms with Crippen LogP contribution in [0.5, 0.6) is 5.75 Å². The SMILES string of the molecule is CCCCOc1cccc(CN2CCN(CCCN)CC2)c1. The zero-order chi connectivity index (χ0) is 15.6. The second kappa shape index (κ2) is 9.82. The maximum Gasteiger partial charge on any atom is 0.119 e. The van der Waals surface area contributed by atoms with Gasteiger partial charge in [0.25, 0.3) is 0 Å². The lowest BCUT2D eigenvalue weighted by Gasteiger charge is -2.34. The molecule has 0 aliphatic carbocycles. The molecule has 22 heavy (non-hydrogen) atoms. The first kappa shape index (κ1) is 17.3. The zero-order valence-corrected chi connectivity index (χ0v) is 14.0. The van der Waals surface area contributed by atoms with E-state index >= 15 is 0 Å². The lowest BCUT2D eigenvalue weighted by atomic mass is 10.2. The Kier molecular flexibility index (Phi) is 7.71. The normalized spacial score (nSPS) is 16.8. The number of piperazine rings is 1. The summed E-state index contributed by atoms with van der Waals surface area (Å²) in [6, 6.07) is 8.56. The van der Waals surface area contributed by atoms with Crippen LogP contribution in [-0.4, -0.2) is 55.7 Å². The number of hydrogen-bond acceptors (Lipinski definition) is 4. The molecule has 1 aromatic rings. The Bertz CT molecular complexity index is 417. The van der Waals surface area contributed by atoms with Gasteiger partial charge >= 0.3 is 0 Å². The third-order valence-electron chi connectivity index (χ3n) is 4.21. The molecule has 2 rings (SSSR count). The lowest BCUT2D eigenvalue weighted by Crippen LogP contribution is -2.46. The minimum absolute atomic E-state index is 0.797. The van der Waals surface area contributed by atoms with Gasteiger partial charge < -0.3 is 15.4 Å². The predicted molar refractivity (Wildman–Crippen MR) is 92.2 cm³/mol. The third-order valence-corrected chi connectivity index (χ3v) is 4.21. The molecule has 2 N–H and O–H groups in total. The molecule has 1 aromatic carbocycles. The summed E-state index contributed by atoms with van der Waals surface area (Å²) in [7, 11) is 0. The van der Waals surface area contributed by atoms with Crippen LogP contribution in [0, 0.1) is 0 Å². The minimum atomic E-state index is 0.797. The van der Waals surface area contributed by atoms with Crippen LogP contribution in [0.4, 0.5) is 0 Å². The minimum Gasteiger partial charge on any atom is -0.494 e. The average Bonchev–Trinajstić information content (AvgIpc) is 2.55. The maximum absolute atomic E-state index is 5.80. The average molecular weight is 305 g/mol. The van der Waals surface area contributed by atoms with E-state index in [0.717, 1.165) is 71.0 Å². The summed E-state index contributed by atoms with van der Waals surface area (Å²) in [6.45, 7) is 10.6. The summed E-state index contributed by atoms with van der Waals surface area (Å²) in [6.07, 6.45) is 3.40. The van der Waals surface area contributed by atoms with Gasteiger partial charge in [-0.3, -0.25) is 4.90 Å². The van der Waals surface area contributed by atoms with E-state index in [-0.39, 0.29) is 0 Å². The van der Waals surface area contributed by atoms with E-state index in [9.17, 15) is 0 Å². The molecular formula is C18H31N3O. The number of ether oxygens (including phenoxy) is 1. The van der Waals surface area contributed by atoms with Crippen molar-refractivity contribution in [2.45, 2.75) is 32.7 Å². The molecule has 0 amide bonds. The first-order valence-electron chi connectivity index (χ1n) is 8.68. The molecule has 0 atom stereocenters. The van der Waals surface area contributed by atoms with E-state index in [1.807, 2.05) is 0 Å². The molecule has 0 unspecified atom stereocenters. The number of hydrogen-bond donors (Lipinski definition) is 1. The molecule has 4 heteroatoms. The van der Waals surface area contributed by atoms with Crippen LogP contribution in [0.15, 0.2) is 24.3 Å². The van der Waals surface area contributed by atoms with Gasteiger partial charge in [0.1, 0.15) is 5.75 Å². The number of nitrogens with two attached hydrogens (primary N) is 1. The second-order valence-electron chi connectivity index (χ2n) is 6.11. The molecule has 1 aliphatic rings. The number of unbranched alkanes of at least 4 members (excludes halogenated alkanes) is 1. The smallest absolute Gasteiger partial charge is 0.119 e. The van der Waals surface area contributed by atoms with Crippen LogP contribution < -0.4 is 10.5 Å². The van der Waals surface area contributed by atoms with Gasteiger partial charge in [-0.25, -0.2) is 0 Å². The summed E-state index contributed by atoms with van der Waals surface area (Å²) in [5.41, 5.74) is 6.94. The van der Waals surface area contributed by atoms with Crippen molar-refractivity contribution in [2.75, 3.05) is 45.9 Å². The quantitative estimate of drug-likeness (QED) is 0.711. The Balaban J connectivity index is 1.75. The molecule has 0 aromatic heterocycles. The van der Waals surface area contributed by atoms with Crippen molar-refractivity contribution in [3.8, 4) is 5.75 Å². The molecule has 0 saturated carbocycles. The highest BCUT2D eigenvalue weighted by Gasteiger charge is 2.16. The lowest BCUT2D eigenvalue weighted by molar-refractivity contribution is 0.126. The largest absolute Gasteiger partial charge is 0.494 e. The number of benzene rings is 1. The third kappa shape index (κ3) is 5.95. The van der Waals surface area contributed by atoms with Crippen molar-refractivity contribution in [3.63, 3.8) is 0 Å². The number of rotatable bonds is 9. The number of nitrogens with zero attached hydrogens (tertiary/aromatic N) is 2. The Morgan fingerprint density at radius 1 is 1.09 bits per heavy atom. The summed E-state index contributed by atoms with van der Waals surface area (Å²) in [5, 5.41) is 0. The van der Waals surface area contributed by atoms with Crippen LogP contribution in [0.1, 0.15) is 31.7 Å². The van der Waals surface area contributed by atoms with Crippen LogP contribution in [-0.2, 0) is 6.54 Å². The Morgan fingerprint density at radius 3 is 2.59 bits per heavy atom. The van der Waals surface area contributed by atoms with Crippen molar-refractivity contribution in [1.82, 2.24) is 9.80 Å². The fraction of sp³-hybridized carbons (Fsp3) is 0.667. The standard InChI is InChI=1S/C18H31N3O/c1-2-3-14-22-18-7-4-6-17(15-18)16-21-12-10-20(11-13-21)9-5-8-19/h4,6-7,15H,2-3,5,8-14,16,19H2,1H3. The van der Waals surface area contributed by atoms with Gasteiger partial charge in [0.05, 0.1) is 6.61 Å². The Hall–Kier alpha value is -1.10. The highest BCUT2D eigenvalue weighted by Crippen LogP contribution is 2.16. The maximum atomic E-state index is 5.80. The van der Waals surface area contributed by atoms with E-state index in [0.29, 0.717) is 0 Å². The summed E-state index contributed by atoms with van der Waals surface area (Å²) < 4.78 is 5.80. The molecule has 1 saturated heterocycles. The van der Waals surface area contributed by atoms with Crippen molar-refractivity contribution in [1.29, 1.82) is 0 Å². The molecule has 0 radical (unpaired) electrons. The van der Waals surface area contributed by atoms with Crippen LogP contribution in [0.2, 0.25) is 0 Å². The van der Waals surface area contributed by atoms with Gasteiger partial charge in [0.15, 0.2) is 0 Å². The first-order valence-corrected chi connectivity index (χ1v) is 8.68. The van der Waals surface area contributed by atoms with Gasteiger partial charge in [0.2, 0.25) is 0 Å². The van der Waals surface area contributed by atoms with Crippen LogP contribution in [0.3, 0.4) is 0 Å². The van der Waals surface area contributed by atoms with E-state index in [4.69, 9.17) is 10.5 Å². The molecule has 0 bridgehead atoms. The Morgan fingerprint density at radius 2 is 1.86 bits per heavy atom. The molecule has 0 spiro atoms. The second-order valence-corrected chi connectivity index (χ2v) is 6.11. The molecule has 1 fully saturated rings. The van der Waals surface area contributed by atoms with E-state index in [1.165, 1.54) is 12.0 Å². The van der Waals surface area contributed by atoms with Gasteiger partial charge in [-0.15, -0.1) is 0 Å². The summed E-state index contributed by atoms with van der Waals surface area (Å²) >= 11 is 0. The van der Waals surface area contributed by atoms with Crippen LogP contribution in [0.25, 0.3) is 0 Å². The monoisotopic (exact) mass is 305 g/mol. The van der Waals surface area contributed by atoms with Crippen LogP contribution >= 0.6 is 0 Å². The molecule has 1 aliphatic heterocycles. The van der Waals surface area contributed by atoms with Gasteiger partial charge in [-0.2, -0.15) is 0 Å². The molecule has 124 valence electrons. The summed E-state index contributed by atoms with van der Waals surface area (Å²) in [4.78, 5) is 5.05. The van der Waals surface area contributed by atoms with Crippen molar-refractivity contribution in [3.05, 3.63) is 29.8 Å². The molecule has 4 nitrogen and oxygen atoms in total. The van der Waals surface area contributed by atoms with Crippen molar-refractivity contribution in [2.24, 2.45) is 5.73 Å². The van der Waals surface area contributed by atoms with Gasteiger partial charge in [-0.1, -0.05) is 25.5 Å². The van der Waals surface area contributed by atoms with Crippen molar-refractivity contribution < 1.29 is 4.74 Å². The predicted octanol–water partition coefficient (Wildman–Crippen LogP) is 2.33. The van der Waals surface area contributed by atoms with Gasteiger partial charge in [-0.05, 0) is 43.6 Å². The highest BCUT2D eigenvalue weighted by atomic mass is 16.5. The fourth-order valence-electron chi connectivity index (χ4n) is 2.81. The Labute approximate surface area is 135 Å². The summed E-state index contributed by atoms with van der Waals surface area (Å²) in [5.74, 6) is 1.01. The zero-order valence-electron chi connectivity index (χ0n) is 14.0. The van der Waals surface area contributed by atoms with E-state index in [1.54, 1.807) is 0 Å². The van der Waals surface area contributed by atoms with E-state index in [2.05, 4.69) is 41.0 Å². The molecule has 1 heterocycles. The fourth-order valence-corrected chi connectivity index (χ4v) is 2.81. The topological polar surface area (TPSA) is 41.7 Å². The first-order chi connectivity index (χ1) is 10.8. The van der Waals surface area contributed by atoms with Crippen molar-refractivity contribution >= 4 is 0 Å². The van der Waals surface area contributed by atoms with E-state index < -0.39 is 0 Å².